The van der Waals surface area contributed by atoms with Gasteiger partial charge in [-0.3, -0.25) is 14.4 Å². The number of amides is 2. The minimum atomic E-state index is -1.12. The summed E-state index contributed by atoms with van der Waals surface area (Å²) in [4.78, 5) is 33.3. The Morgan fingerprint density at radius 1 is 1.29 bits per heavy atom. The second-order valence-electron chi connectivity index (χ2n) is 4.35. The van der Waals surface area contributed by atoms with E-state index in [0.29, 0.717) is 17.9 Å². The summed E-state index contributed by atoms with van der Waals surface area (Å²) >= 11 is 0. The van der Waals surface area contributed by atoms with Crippen molar-refractivity contribution < 1.29 is 24.2 Å². The molecule has 21 heavy (non-hydrogen) atoms. The summed E-state index contributed by atoms with van der Waals surface area (Å²) in [6, 6.07) is 5.62. The number of nitrogens with one attached hydrogen (secondary N) is 2. The van der Waals surface area contributed by atoms with E-state index >= 15 is 0 Å². The average molecular weight is 294 g/mol. The van der Waals surface area contributed by atoms with Crippen LogP contribution < -0.4 is 15.4 Å². The number of ether oxygens (including phenoxy) is 1. The highest BCUT2D eigenvalue weighted by Gasteiger charge is 2.14. The topological polar surface area (TPSA) is 105 Å². The van der Waals surface area contributed by atoms with Crippen LogP contribution in [-0.4, -0.2) is 35.5 Å². The van der Waals surface area contributed by atoms with Crippen molar-refractivity contribution in [1.82, 2.24) is 5.32 Å². The van der Waals surface area contributed by atoms with Gasteiger partial charge in [-0.1, -0.05) is 13.0 Å². The molecular formula is C14H18N2O5. The molecule has 1 unspecified atom stereocenters. The molecule has 2 amide bonds. The molecule has 1 aromatic carbocycles. The molecule has 1 rings (SSSR count). The maximum Gasteiger partial charge on any atom is 0.325 e. The van der Waals surface area contributed by atoms with E-state index in [1.807, 2.05) is 0 Å². The fourth-order valence-electron chi connectivity index (χ4n) is 1.41. The van der Waals surface area contributed by atoms with E-state index in [2.05, 4.69) is 10.6 Å². The zero-order valence-corrected chi connectivity index (χ0v) is 11.9. The first-order chi connectivity index (χ1) is 9.92. The molecule has 7 nitrogen and oxygen atoms in total. The number of rotatable bonds is 7. The van der Waals surface area contributed by atoms with Crippen LogP contribution in [0.5, 0.6) is 5.75 Å². The molecule has 0 radical (unpaired) electrons. The quantitative estimate of drug-likeness (QED) is 0.696. The van der Waals surface area contributed by atoms with Crippen molar-refractivity contribution in [2.45, 2.75) is 26.3 Å². The first-order valence-corrected chi connectivity index (χ1v) is 6.47. The first kappa shape index (κ1) is 16.5. The highest BCUT2D eigenvalue weighted by molar-refractivity contribution is 5.90. The van der Waals surface area contributed by atoms with Gasteiger partial charge in [-0.15, -0.1) is 0 Å². The lowest BCUT2D eigenvalue weighted by Crippen LogP contribution is -2.40. The Kier molecular flexibility index (Phi) is 6.19. The molecule has 0 fully saturated rings. The van der Waals surface area contributed by atoms with E-state index in [1.165, 1.54) is 6.92 Å². The molecule has 1 aromatic rings. The molecule has 0 aliphatic rings. The van der Waals surface area contributed by atoms with E-state index in [9.17, 15) is 14.4 Å². The van der Waals surface area contributed by atoms with E-state index in [1.54, 1.807) is 31.2 Å². The summed E-state index contributed by atoms with van der Waals surface area (Å²) in [7, 11) is 0. The molecule has 3 N–H and O–H groups in total. The highest BCUT2D eigenvalue weighted by Crippen LogP contribution is 2.17. The van der Waals surface area contributed by atoms with Crippen LogP contribution >= 0.6 is 0 Å². The first-order valence-electron chi connectivity index (χ1n) is 6.47. The Morgan fingerprint density at radius 3 is 2.62 bits per heavy atom. The fraction of sp³-hybridized carbons (Fsp3) is 0.357. The van der Waals surface area contributed by atoms with Crippen LogP contribution in [0.25, 0.3) is 0 Å². The second kappa shape index (κ2) is 7.88. The van der Waals surface area contributed by atoms with E-state index < -0.39 is 17.9 Å². The summed E-state index contributed by atoms with van der Waals surface area (Å²) < 4.78 is 5.25. The summed E-state index contributed by atoms with van der Waals surface area (Å²) in [6.45, 7) is 2.80. The predicted octanol–water partition coefficient (Wildman–Crippen LogP) is 1.00. The normalized spacial score (nSPS) is 11.3. The van der Waals surface area contributed by atoms with Gasteiger partial charge in [0, 0.05) is 18.2 Å². The standard InChI is InChI=1S/C14H18N2O5/c1-3-12(17)16-10-5-4-6-11(7-10)21-8-13(18)15-9(2)14(19)20/h4-7,9H,3,8H2,1-2H3,(H,15,18)(H,16,17)(H,19,20). The lowest BCUT2D eigenvalue weighted by molar-refractivity contribution is -0.141. The minimum Gasteiger partial charge on any atom is -0.484 e. The van der Waals surface area contributed by atoms with Gasteiger partial charge in [0.1, 0.15) is 11.8 Å². The monoisotopic (exact) mass is 294 g/mol. The van der Waals surface area contributed by atoms with Crippen LogP contribution in [-0.2, 0) is 14.4 Å². The van der Waals surface area contributed by atoms with Gasteiger partial charge in [0.15, 0.2) is 6.61 Å². The number of carboxylic acids is 1. The van der Waals surface area contributed by atoms with Crippen molar-refractivity contribution in [2.75, 3.05) is 11.9 Å². The minimum absolute atomic E-state index is 0.125. The Morgan fingerprint density at radius 2 is 2.00 bits per heavy atom. The molecule has 0 saturated carbocycles. The van der Waals surface area contributed by atoms with Crippen LogP contribution in [0.1, 0.15) is 20.3 Å². The molecule has 0 heterocycles. The molecule has 0 bridgehead atoms. The molecule has 0 aromatic heterocycles. The third kappa shape index (κ3) is 5.94. The third-order valence-corrected chi connectivity index (χ3v) is 2.56. The summed E-state index contributed by atoms with van der Waals surface area (Å²) in [5.74, 6) is -1.37. The van der Waals surface area contributed by atoms with Gasteiger partial charge in [-0.05, 0) is 19.1 Å². The average Bonchev–Trinajstić information content (AvgIpc) is 2.45. The number of hydrogen-bond acceptors (Lipinski definition) is 4. The highest BCUT2D eigenvalue weighted by atomic mass is 16.5. The lowest BCUT2D eigenvalue weighted by atomic mass is 10.3. The van der Waals surface area contributed by atoms with Crippen molar-refractivity contribution in [1.29, 1.82) is 0 Å². The van der Waals surface area contributed by atoms with Crippen molar-refractivity contribution >= 4 is 23.5 Å². The molecule has 114 valence electrons. The Hall–Kier alpha value is -2.57. The zero-order valence-electron chi connectivity index (χ0n) is 11.9. The van der Waals surface area contributed by atoms with Crippen LogP contribution in [0.4, 0.5) is 5.69 Å². The molecule has 7 heteroatoms. The largest absolute Gasteiger partial charge is 0.484 e. The summed E-state index contributed by atoms with van der Waals surface area (Å²) in [5.41, 5.74) is 0.568. The van der Waals surface area contributed by atoms with Gasteiger partial charge in [0.05, 0.1) is 0 Å². The van der Waals surface area contributed by atoms with Crippen LogP contribution in [0.15, 0.2) is 24.3 Å². The molecule has 0 aliphatic carbocycles. The van der Waals surface area contributed by atoms with E-state index in [4.69, 9.17) is 9.84 Å². The summed E-state index contributed by atoms with van der Waals surface area (Å²) in [6.07, 6.45) is 0.362. The lowest BCUT2D eigenvalue weighted by Gasteiger charge is -2.11. The van der Waals surface area contributed by atoms with Crippen molar-refractivity contribution in [3.63, 3.8) is 0 Å². The van der Waals surface area contributed by atoms with Crippen molar-refractivity contribution in [3.05, 3.63) is 24.3 Å². The van der Waals surface area contributed by atoms with Crippen LogP contribution in [0.2, 0.25) is 0 Å². The maximum atomic E-state index is 11.5. The second-order valence-corrected chi connectivity index (χ2v) is 4.35. The van der Waals surface area contributed by atoms with Crippen molar-refractivity contribution in [3.8, 4) is 5.75 Å². The van der Waals surface area contributed by atoms with Gasteiger partial charge in [0.25, 0.3) is 5.91 Å². The Bertz CT molecular complexity index is 530. The molecular weight excluding hydrogens is 276 g/mol. The Labute approximate surface area is 122 Å². The van der Waals surface area contributed by atoms with Gasteiger partial charge < -0.3 is 20.5 Å². The fourth-order valence-corrected chi connectivity index (χ4v) is 1.41. The van der Waals surface area contributed by atoms with E-state index in [0.717, 1.165) is 0 Å². The van der Waals surface area contributed by atoms with E-state index in [-0.39, 0.29) is 12.5 Å². The molecule has 0 saturated heterocycles. The molecule has 1 atom stereocenters. The van der Waals surface area contributed by atoms with Gasteiger partial charge in [-0.2, -0.15) is 0 Å². The van der Waals surface area contributed by atoms with Crippen LogP contribution in [0.3, 0.4) is 0 Å². The predicted molar refractivity (Wildman–Crippen MR) is 76.1 cm³/mol. The van der Waals surface area contributed by atoms with Crippen molar-refractivity contribution in [2.24, 2.45) is 0 Å². The number of hydrogen-bond donors (Lipinski definition) is 3. The smallest absolute Gasteiger partial charge is 0.325 e. The maximum absolute atomic E-state index is 11.5. The van der Waals surface area contributed by atoms with Gasteiger partial charge >= 0.3 is 5.97 Å². The zero-order chi connectivity index (χ0) is 15.8. The molecule has 0 aliphatic heterocycles. The van der Waals surface area contributed by atoms with Crippen LogP contribution in [0, 0.1) is 0 Å². The number of aliphatic carboxylic acids is 1. The number of anilines is 1. The number of carbonyl (C=O) groups excluding carboxylic acids is 2. The summed E-state index contributed by atoms with van der Waals surface area (Å²) in [5, 5.41) is 13.6. The van der Waals surface area contributed by atoms with Gasteiger partial charge in [0.2, 0.25) is 5.91 Å². The molecule has 0 spiro atoms. The number of carbonyl (C=O) groups is 3. The third-order valence-electron chi connectivity index (χ3n) is 2.56. The van der Waals surface area contributed by atoms with Gasteiger partial charge in [-0.25, -0.2) is 0 Å². The Balaban J connectivity index is 2.52. The number of carboxylic acid groups (broad SMARTS) is 1. The SMILES string of the molecule is CCC(=O)Nc1cccc(OCC(=O)NC(C)C(=O)O)c1. The number of benzene rings is 1.